The van der Waals surface area contributed by atoms with Gasteiger partial charge in [0.25, 0.3) is 0 Å². The Morgan fingerprint density at radius 1 is 1.39 bits per heavy atom. The largest absolute Gasteiger partial charge is 0.416 e. The molecule has 18 heavy (non-hydrogen) atoms. The summed E-state index contributed by atoms with van der Waals surface area (Å²) in [6.07, 6.45) is 0.473. The van der Waals surface area contributed by atoms with E-state index in [4.69, 9.17) is 5.73 Å². The first-order valence-electron chi connectivity index (χ1n) is 5.71. The highest BCUT2D eigenvalue weighted by atomic mass is 19.4. The lowest BCUT2D eigenvalue weighted by atomic mass is 10.1. The monoisotopic (exact) mass is 255 g/mol. The molecule has 0 radical (unpaired) electrons. The maximum atomic E-state index is 12.6. The van der Waals surface area contributed by atoms with Crippen LogP contribution in [0.15, 0.2) is 24.5 Å². The van der Waals surface area contributed by atoms with Crippen molar-refractivity contribution in [1.29, 1.82) is 0 Å². The molecule has 0 aromatic carbocycles. The van der Waals surface area contributed by atoms with Crippen molar-refractivity contribution in [3.63, 3.8) is 0 Å². The smallest absolute Gasteiger partial charge is 0.329 e. The number of pyridine rings is 1. The molecule has 0 saturated heterocycles. The molecule has 3 rings (SSSR count). The first-order chi connectivity index (χ1) is 8.46. The van der Waals surface area contributed by atoms with E-state index in [0.29, 0.717) is 12.1 Å². The highest BCUT2D eigenvalue weighted by molar-refractivity contribution is 5.50. The molecule has 0 spiro atoms. The number of hydrogen-bond donors (Lipinski definition) is 1. The fourth-order valence-electron chi connectivity index (χ4n) is 2.24. The second-order valence-corrected chi connectivity index (χ2v) is 4.77. The van der Waals surface area contributed by atoms with Gasteiger partial charge in [-0.25, -0.2) is 4.98 Å². The zero-order chi connectivity index (χ0) is 13.0. The molecule has 6 heteroatoms. The van der Waals surface area contributed by atoms with Gasteiger partial charge in [-0.3, -0.25) is 0 Å². The average Bonchev–Trinajstić information content (AvgIpc) is 3.00. The van der Waals surface area contributed by atoms with E-state index in [1.807, 2.05) is 0 Å². The third kappa shape index (κ3) is 1.59. The van der Waals surface area contributed by atoms with E-state index >= 15 is 0 Å². The van der Waals surface area contributed by atoms with Crippen LogP contribution < -0.4 is 5.73 Å². The zero-order valence-corrected chi connectivity index (χ0v) is 9.54. The molecule has 2 heterocycles. The number of halogens is 3. The first-order valence-corrected chi connectivity index (χ1v) is 5.71. The number of imidazole rings is 1. The number of aromatic nitrogens is 2. The predicted octanol–water partition coefficient (Wildman–Crippen LogP) is 2.34. The molecule has 0 bridgehead atoms. The summed E-state index contributed by atoms with van der Waals surface area (Å²) < 4.78 is 39.5. The Labute approximate surface area is 101 Å². The van der Waals surface area contributed by atoms with Crippen LogP contribution in [-0.2, 0) is 11.6 Å². The van der Waals surface area contributed by atoms with E-state index in [9.17, 15) is 13.2 Å². The third-order valence-electron chi connectivity index (χ3n) is 3.58. The summed E-state index contributed by atoms with van der Waals surface area (Å²) in [7, 11) is 0. The van der Waals surface area contributed by atoms with E-state index in [-0.39, 0.29) is 5.41 Å². The summed E-state index contributed by atoms with van der Waals surface area (Å²) in [5.41, 5.74) is 5.39. The molecular formula is C12H12F3N3. The third-order valence-corrected chi connectivity index (χ3v) is 3.58. The molecule has 3 nitrogen and oxygen atoms in total. The SMILES string of the molecule is NCC1(c2ncc3cc(C(F)(F)F)ccn23)CC1. The number of hydrogen-bond acceptors (Lipinski definition) is 2. The summed E-state index contributed by atoms with van der Waals surface area (Å²) in [6, 6.07) is 2.19. The minimum atomic E-state index is -4.32. The molecule has 0 atom stereocenters. The van der Waals surface area contributed by atoms with Crippen LogP contribution in [0.3, 0.4) is 0 Å². The average molecular weight is 255 g/mol. The van der Waals surface area contributed by atoms with Crippen molar-refractivity contribution < 1.29 is 13.2 Å². The fourth-order valence-corrected chi connectivity index (χ4v) is 2.24. The standard InChI is InChI=1S/C12H12F3N3/c13-12(14,15)8-1-4-18-9(5-8)6-17-10(18)11(7-16)2-3-11/h1,4-6H,2-3,7,16H2. The summed E-state index contributed by atoms with van der Waals surface area (Å²) in [4.78, 5) is 4.24. The Kier molecular flexibility index (Phi) is 2.22. The summed E-state index contributed by atoms with van der Waals surface area (Å²) in [6.45, 7) is 0.479. The van der Waals surface area contributed by atoms with Gasteiger partial charge in [0.15, 0.2) is 0 Å². The Morgan fingerprint density at radius 3 is 2.67 bits per heavy atom. The van der Waals surface area contributed by atoms with Crippen LogP contribution in [0, 0.1) is 0 Å². The first kappa shape index (κ1) is 11.5. The van der Waals surface area contributed by atoms with E-state index < -0.39 is 11.7 Å². The van der Waals surface area contributed by atoms with Gasteiger partial charge in [0.2, 0.25) is 0 Å². The van der Waals surface area contributed by atoms with Gasteiger partial charge in [0, 0.05) is 18.2 Å². The minimum absolute atomic E-state index is 0.133. The number of fused-ring (bicyclic) bond motifs is 1. The fraction of sp³-hybridized carbons (Fsp3) is 0.417. The summed E-state index contributed by atoms with van der Waals surface area (Å²) in [5, 5.41) is 0. The van der Waals surface area contributed by atoms with Crippen LogP contribution in [-0.4, -0.2) is 15.9 Å². The molecule has 1 saturated carbocycles. The van der Waals surface area contributed by atoms with Gasteiger partial charge in [-0.2, -0.15) is 13.2 Å². The molecule has 2 N–H and O–H groups in total. The molecule has 0 amide bonds. The maximum absolute atomic E-state index is 12.6. The predicted molar refractivity (Wildman–Crippen MR) is 60.2 cm³/mol. The van der Waals surface area contributed by atoms with Crippen molar-refractivity contribution >= 4 is 5.52 Å². The van der Waals surface area contributed by atoms with E-state index in [1.165, 1.54) is 12.4 Å². The molecule has 1 aliphatic rings. The van der Waals surface area contributed by atoms with Gasteiger partial charge in [-0.05, 0) is 25.0 Å². The number of nitrogens with two attached hydrogens (primary N) is 1. The van der Waals surface area contributed by atoms with E-state index in [1.54, 1.807) is 4.40 Å². The molecular weight excluding hydrogens is 243 g/mol. The molecule has 96 valence electrons. The van der Waals surface area contributed by atoms with Gasteiger partial charge in [0.05, 0.1) is 17.3 Å². The lowest BCUT2D eigenvalue weighted by molar-refractivity contribution is -0.137. The van der Waals surface area contributed by atoms with Crippen molar-refractivity contribution in [2.24, 2.45) is 5.73 Å². The van der Waals surface area contributed by atoms with E-state index in [0.717, 1.165) is 30.8 Å². The van der Waals surface area contributed by atoms with Crippen LogP contribution in [0.1, 0.15) is 24.2 Å². The molecule has 1 aliphatic carbocycles. The topological polar surface area (TPSA) is 43.3 Å². The van der Waals surface area contributed by atoms with Gasteiger partial charge in [-0.15, -0.1) is 0 Å². The van der Waals surface area contributed by atoms with Crippen molar-refractivity contribution in [3.8, 4) is 0 Å². The normalized spacial score (nSPS) is 18.2. The number of rotatable bonds is 2. The van der Waals surface area contributed by atoms with Crippen molar-refractivity contribution in [3.05, 3.63) is 35.9 Å². The van der Waals surface area contributed by atoms with E-state index in [2.05, 4.69) is 4.98 Å². The molecule has 2 aromatic heterocycles. The van der Waals surface area contributed by atoms with Crippen LogP contribution >= 0.6 is 0 Å². The molecule has 2 aromatic rings. The lowest BCUT2D eigenvalue weighted by Crippen LogP contribution is -2.22. The highest BCUT2D eigenvalue weighted by Crippen LogP contribution is 2.46. The maximum Gasteiger partial charge on any atom is 0.416 e. The Balaban J connectivity index is 2.11. The summed E-state index contributed by atoms with van der Waals surface area (Å²) in [5.74, 6) is 0.772. The summed E-state index contributed by atoms with van der Waals surface area (Å²) >= 11 is 0. The van der Waals surface area contributed by atoms with Gasteiger partial charge < -0.3 is 10.1 Å². The highest BCUT2D eigenvalue weighted by Gasteiger charge is 2.46. The van der Waals surface area contributed by atoms with Crippen LogP contribution in [0.5, 0.6) is 0 Å². The Bertz CT molecular complexity index is 596. The number of alkyl halides is 3. The van der Waals surface area contributed by atoms with Gasteiger partial charge in [0.1, 0.15) is 5.82 Å². The zero-order valence-electron chi connectivity index (χ0n) is 9.54. The molecule has 0 aliphatic heterocycles. The Hall–Kier alpha value is -1.56. The van der Waals surface area contributed by atoms with Crippen LogP contribution in [0.2, 0.25) is 0 Å². The molecule has 0 unspecified atom stereocenters. The van der Waals surface area contributed by atoms with Crippen molar-refractivity contribution in [2.45, 2.75) is 24.4 Å². The van der Waals surface area contributed by atoms with Crippen LogP contribution in [0.4, 0.5) is 13.2 Å². The quantitative estimate of drug-likeness (QED) is 0.895. The second kappa shape index (κ2) is 3.47. The van der Waals surface area contributed by atoms with Gasteiger partial charge in [-0.1, -0.05) is 0 Å². The van der Waals surface area contributed by atoms with Crippen LogP contribution in [0.25, 0.3) is 5.52 Å². The Morgan fingerprint density at radius 2 is 2.11 bits per heavy atom. The molecule has 1 fully saturated rings. The number of nitrogens with zero attached hydrogens (tertiary/aromatic N) is 2. The van der Waals surface area contributed by atoms with Gasteiger partial charge >= 0.3 is 6.18 Å². The lowest BCUT2D eigenvalue weighted by Gasteiger charge is -2.12. The van der Waals surface area contributed by atoms with Crippen molar-refractivity contribution in [1.82, 2.24) is 9.38 Å². The minimum Gasteiger partial charge on any atom is -0.329 e. The van der Waals surface area contributed by atoms with Crippen molar-refractivity contribution in [2.75, 3.05) is 6.54 Å². The second-order valence-electron chi connectivity index (χ2n) is 4.77.